The van der Waals surface area contributed by atoms with Gasteiger partial charge in [-0.25, -0.2) is 0 Å². The molecule has 1 aromatic rings. The number of hydrogen-bond acceptors (Lipinski definition) is 3. The lowest BCUT2D eigenvalue weighted by Crippen LogP contribution is -2.37. The molecular weight excluding hydrogens is 260 g/mol. The van der Waals surface area contributed by atoms with E-state index in [-0.39, 0.29) is 11.8 Å². The van der Waals surface area contributed by atoms with Crippen LogP contribution >= 0.6 is 11.8 Å². The molecule has 19 heavy (non-hydrogen) atoms. The number of carbonyl (C=O) groups is 2. The van der Waals surface area contributed by atoms with Gasteiger partial charge in [0, 0.05) is 16.6 Å². The first-order valence-corrected chi connectivity index (χ1v) is 7.30. The first-order valence-electron chi connectivity index (χ1n) is 6.42. The van der Waals surface area contributed by atoms with Crippen molar-refractivity contribution in [1.29, 1.82) is 0 Å². The number of hydrogen-bond donors (Lipinski definition) is 2. The van der Waals surface area contributed by atoms with Crippen molar-refractivity contribution in [2.24, 2.45) is 0 Å². The summed E-state index contributed by atoms with van der Waals surface area (Å²) in [6.45, 7) is 4.22. The minimum atomic E-state index is -0.399. The van der Waals surface area contributed by atoms with Crippen LogP contribution in [0, 0.1) is 0 Å². The van der Waals surface area contributed by atoms with Crippen molar-refractivity contribution in [2.45, 2.75) is 42.9 Å². The zero-order valence-corrected chi connectivity index (χ0v) is 11.9. The maximum absolute atomic E-state index is 12.1. The van der Waals surface area contributed by atoms with Crippen LogP contribution in [0.4, 0.5) is 5.69 Å². The van der Waals surface area contributed by atoms with E-state index < -0.39 is 6.04 Å². The highest BCUT2D eigenvalue weighted by molar-refractivity contribution is 8.00. The molecule has 1 fully saturated rings. The van der Waals surface area contributed by atoms with E-state index in [0.717, 1.165) is 10.6 Å². The lowest BCUT2D eigenvalue weighted by molar-refractivity contribution is -0.122. The normalized spacial score (nSPS) is 18.5. The van der Waals surface area contributed by atoms with Crippen LogP contribution in [0.3, 0.4) is 0 Å². The number of thioether (sulfide) groups is 1. The Morgan fingerprint density at radius 2 is 2.16 bits per heavy atom. The van der Waals surface area contributed by atoms with Gasteiger partial charge < -0.3 is 10.6 Å². The minimum Gasteiger partial charge on any atom is -0.344 e. The van der Waals surface area contributed by atoms with Crippen LogP contribution in [-0.2, 0) is 9.59 Å². The van der Waals surface area contributed by atoms with Gasteiger partial charge in [-0.2, -0.15) is 0 Å². The summed E-state index contributed by atoms with van der Waals surface area (Å²) in [5, 5.41) is 6.03. The van der Waals surface area contributed by atoms with E-state index >= 15 is 0 Å². The molecule has 0 bridgehead atoms. The fourth-order valence-corrected chi connectivity index (χ4v) is 2.87. The van der Waals surface area contributed by atoms with Gasteiger partial charge in [0.25, 0.3) is 0 Å². The molecule has 1 aliphatic heterocycles. The van der Waals surface area contributed by atoms with Gasteiger partial charge in [0.05, 0.1) is 5.69 Å². The maximum Gasteiger partial charge on any atom is 0.246 e. The number of para-hydroxylation sites is 1. The second-order valence-corrected chi connectivity index (χ2v) is 6.43. The third kappa shape index (κ3) is 3.73. The molecule has 1 heterocycles. The van der Waals surface area contributed by atoms with Crippen molar-refractivity contribution in [3.05, 3.63) is 24.3 Å². The van der Waals surface area contributed by atoms with E-state index in [1.165, 1.54) is 0 Å². The maximum atomic E-state index is 12.1. The Morgan fingerprint density at radius 3 is 2.79 bits per heavy atom. The van der Waals surface area contributed by atoms with E-state index in [1.54, 1.807) is 11.8 Å². The summed E-state index contributed by atoms with van der Waals surface area (Å²) in [6, 6.07) is 7.34. The summed E-state index contributed by atoms with van der Waals surface area (Å²) in [5.41, 5.74) is 0.812. The van der Waals surface area contributed by atoms with E-state index in [4.69, 9.17) is 0 Å². The van der Waals surface area contributed by atoms with Gasteiger partial charge in [-0.15, -0.1) is 11.8 Å². The van der Waals surface area contributed by atoms with Crippen molar-refractivity contribution in [2.75, 3.05) is 5.32 Å². The number of amides is 2. The van der Waals surface area contributed by atoms with Gasteiger partial charge in [0.2, 0.25) is 11.8 Å². The Kier molecular flexibility index (Phi) is 4.47. The molecule has 1 aromatic carbocycles. The van der Waals surface area contributed by atoms with E-state index in [9.17, 15) is 9.59 Å². The number of rotatable bonds is 4. The number of benzene rings is 1. The van der Waals surface area contributed by atoms with E-state index in [2.05, 4.69) is 24.5 Å². The quantitative estimate of drug-likeness (QED) is 0.832. The second-order valence-electron chi connectivity index (χ2n) is 4.81. The Balaban J connectivity index is 2.06. The van der Waals surface area contributed by atoms with Crippen LogP contribution in [-0.4, -0.2) is 23.1 Å². The molecule has 4 nitrogen and oxygen atoms in total. The Labute approximate surface area is 117 Å². The fraction of sp³-hybridized carbons (Fsp3) is 0.429. The van der Waals surface area contributed by atoms with Gasteiger partial charge in [-0.3, -0.25) is 9.59 Å². The molecule has 0 aliphatic carbocycles. The molecule has 1 atom stereocenters. The SMILES string of the molecule is CC(C)Sc1ccccc1NC(=O)[C@H]1CCC(=O)N1. The van der Waals surface area contributed by atoms with Gasteiger partial charge in [0.15, 0.2) is 0 Å². The smallest absolute Gasteiger partial charge is 0.246 e. The summed E-state index contributed by atoms with van der Waals surface area (Å²) in [4.78, 5) is 24.2. The number of carbonyl (C=O) groups excluding carboxylic acids is 2. The number of nitrogens with one attached hydrogen (secondary N) is 2. The predicted molar refractivity (Wildman–Crippen MR) is 77.2 cm³/mol. The Bertz CT molecular complexity index is 488. The number of anilines is 1. The van der Waals surface area contributed by atoms with Crippen molar-refractivity contribution in [3.8, 4) is 0 Å². The summed E-state index contributed by atoms with van der Waals surface area (Å²) in [7, 11) is 0. The summed E-state index contributed by atoms with van der Waals surface area (Å²) in [5.74, 6) is -0.187. The molecule has 2 rings (SSSR count). The van der Waals surface area contributed by atoms with Crippen molar-refractivity contribution < 1.29 is 9.59 Å². The first kappa shape index (κ1) is 13.9. The van der Waals surface area contributed by atoms with Crippen molar-refractivity contribution in [3.63, 3.8) is 0 Å². The van der Waals surface area contributed by atoms with E-state index in [0.29, 0.717) is 18.1 Å². The first-order chi connectivity index (χ1) is 9.06. The minimum absolute atomic E-state index is 0.0509. The van der Waals surface area contributed by atoms with Crippen LogP contribution < -0.4 is 10.6 Å². The molecule has 102 valence electrons. The van der Waals surface area contributed by atoms with Crippen LogP contribution in [0.25, 0.3) is 0 Å². The lowest BCUT2D eigenvalue weighted by Gasteiger charge is -2.15. The highest BCUT2D eigenvalue weighted by Crippen LogP contribution is 2.30. The van der Waals surface area contributed by atoms with Gasteiger partial charge in [-0.1, -0.05) is 26.0 Å². The van der Waals surface area contributed by atoms with Crippen LogP contribution in [0.5, 0.6) is 0 Å². The average Bonchev–Trinajstić information content (AvgIpc) is 2.78. The topological polar surface area (TPSA) is 58.2 Å². The molecule has 0 saturated carbocycles. The van der Waals surface area contributed by atoms with Crippen molar-refractivity contribution >= 4 is 29.3 Å². The highest BCUT2D eigenvalue weighted by Gasteiger charge is 2.27. The Hall–Kier alpha value is -1.49. The monoisotopic (exact) mass is 278 g/mol. The molecule has 0 radical (unpaired) electrons. The highest BCUT2D eigenvalue weighted by atomic mass is 32.2. The third-order valence-corrected chi connectivity index (χ3v) is 3.90. The van der Waals surface area contributed by atoms with Crippen LogP contribution in [0.2, 0.25) is 0 Å². The molecule has 2 N–H and O–H groups in total. The standard InChI is InChI=1S/C14H18N2O2S/c1-9(2)19-12-6-4-3-5-10(12)16-14(18)11-7-8-13(17)15-11/h3-6,9,11H,7-8H2,1-2H3,(H,15,17)(H,16,18)/t11-/m1/s1. The molecule has 2 amide bonds. The second kappa shape index (κ2) is 6.10. The van der Waals surface area contributed by atoms with E-state index in [1.807, 2.05) is 24.3 Å². The molecule has 1 saturated heterocycles. The van der Waals surface area contributed by atoms with Crippen molar-refractivity contribution in [1.82, 2.24) is 5.32 Å². The third-order valence-electron chi connectivity index (χ3n) is 2.82. The molecule has 0 unspecified atom stereocenters. The van der Waals surface area contributed by atoms with Gasteiger partial charge in [-0.05, 0) is 18.6 Å². The Morgan fingerprint density at radius 1 is 1.42 bits per heavy atom. The lowest BCUT2D eigenvalue weighted by atomic mass is 10.2. The molecule has 5 heteroatoms. The zero-order valence-electron chi connectivity index (χ0n) is 11.1. The van der Waals surface area contributed by atoms with Gasteiger partial charge in [0.1, 0.15) is 6.04 Å². The summed E-state index contributed by atoms with van der Waals surface area (Å²) < 4.78 is 0. The molecule has 0 spiro atoms. The largest absolute Gasteiger partial charge is 0.344 e. The van der Waals surface area contributed by atoms with Gasteiger partial charge >= 0.3 is 0 Å². The summed E-state index contributed by atoms with van der Waals surface area (Å²) >= 11 is 1.71. The average molecular weight is 278 g/mol. The fourth-order valence-electron chi connectivity index (χ4n) is 1.96. The predicted octanol–water partition coefficient (Wildman–Crippen LogP) is 2.40. The molecule has 0 aromatic heterocycles. The zero-order chi connectivity index (χ0) is 13.8. The van der Waals surface area contributed by atoms with Crippen LogP contribution in [0.1, 0.15) is 26.7 Å². The molecule has 1 aliphatic rings. The van der Waals surface area contributed by atoms with Crippen LogP contribution in [0.15, 0.2) is 29.2 Å². The molecular formula is C14H18N2O2S. The summed E-state index contributed by atoms with van der Waals surface area (Å²) in [6.07, 6.45) is 1.00.